The molecular formula is C18H17F3N2O3S. The zero-order valence-electron chi connectivity index (χ0n) is 14.4. The minimum Gasteiger partial charge on any atom is -0.322 e. The Kier molecular flexibility index (Phi) is 5.00. The first kappa shape index (κ1) is 19.4. The highest BCUT2D eigenvalue weighted by Crippen LogP contribution is 2.33. The highest BCUT2D eigenvalue weighted by molar-refractivity contribution is 7.89. The average Bonchev–Trinajstić information content (AvgIpc) is 2.56. The van der Waals surface area contributed by atoms with Gasteiger partial charge in [-0.25, -0.2) is 26.3 Å². The van der Waals surface area contributed by atoms with Gasteiger partial charge in [0.1, 0.15) is 10.7 Å². The SMILES string of the molecule is CC1(NS(=O)(=O)c2cc(C(=O)Nc3ccc(F)c(F)c3)ccc2F)CCC1. The fraction of sp³-hybridized carbons (Fsp3) is 0.278. The standard InChI is InChI=1S/C18H17F3N2O3S/c1-18(7-2-8-18)23-27(25,26)16-9-11(3-5-14(16)20)17(24)22-12-4-6-13(19)15(21)10-12/h3-6,9-10,23H,2,7-8H2,1H3,(H,22,24). The molecule has 1 aliphatic rings. The van der Waals surface area contributed by atoms with E-state index in [1.54, 1.807) is 6.92 Å². The maximum atomic E-state index is 14.1. The minimum atomic E-state index is -4.17. The molecule has 0 heterocycles. The number of sulfonamides is 1. The van der Waals surface area contributed by atoms with Crippen molar-refractivity contribution >= 4 is 21.6 Å². The summed E-state index contributed by atoms with van der Waals surface area (Å²) < 4.78 is 67.8. The van der Waals surface area contributed by atoms with Crippen LogP contribution in [0.3, 0.4) is 0 Å². The van der Waals surface area contributed by atoms with Crippen molar-refractivity contribution in [2.24, 2.45) is 0 Å². The van der Waals surface area contributed by atoms with Gasteiger partial charge in [0.2, 0.25) is 10.0 Å². The summed E-state index contributed by atoms with van der Waals surface area (Å²) in [5.74, 6) is -3.99. The number of benzene rings is 2. The molecule has 27 heavy (non-hydrogen) atoms. The van der Waals surface area contributed by atoms with E-state index in [-0.39, 0.29) is 11.3 Å². The Labute approximate surface area is 154 Å². The Morgan fingerprint density at radius 3 is 2.26 bits per heavy atom. The zero-order chi connectivity index (χ0) is 19.8. The van der Waals surface area contributed by atoms with E-state index in [9.17, 15) is 26.4 Å². The predicted molar refractivity (Wildman–Crippen MR) is 93.3 cm³/mol. The van der Waals surface area contributed by atoms with Gasteiger partial charge in [-0.05, 0) is 56.5 Å². The monoisotopic (exact) mass is 398 g/mol. The summed E-state index contributed by atoms with van der Waals surface area (Å²) in [7, 11) is -4.17. The molecule has 1 aliphatic carbocycles. The first-order valence-corrected chi connectivity index (χ1v) is 9.68. The summed E-state index contributed by atoms with van der Waals surface area (Å²) in [6.07, 6.45) is 2.16. The quantitative estimate of drug-likeness (QED) is 0.809. The third-order valence-electron chi connectivity index (χ3n) is 4.50. The smallest absolute Gasteiger partial charge is 0.255 e. The molecular weight excluding hydrogens is 381 g/mol. The van der Waals surface area contributed by atoms with Crippen LogP contribution in [0.4, 0.5) is 18.9 Å². The van der Waals surface area contributed by atoms with Gasteiger partial charge in [-0.3, -0.25) is 4.79 Å². The molecule has 0 aliphatic heterocycles. The van der Waals surface area contributed by atoms with Gasteiger partial charge in [-0.2, -0.15) is 0 Å². The maximum Gasteiger partial charge on any atom is 0.255 e. The van der Waals surface area contributed by atoms with Crippen molar-refractivity contribution in [2.75, 3.05) is 5.32 Å². The number of halogens is 3. The lowest BCUT2D eigenvalue weighted by molar-refractivity contribution is 0.102. The van der Waals surface area contributed by atoms with Crippen LogP contribution in [0.5, 0.6) is 0 Å². The van der Waals surface area contributed by atoms with Crippen LogP contribution in [0.25, 0.3) is 0 Å². The van der Waals surface area contributed by atoms with Crippen LogP contribution in [0.1, 0.15) is 36.5 Å². The van der Waals surface area contributed by atoms with E-state index in [0.717, 1.165) is 42.8 Å². The van der Waals surface area contributed by atoms with E-state index in [1.165, 1.54) is 0 Å². The summed E-state index contributed by atoms with van der Waals surface area (Å²) in [5.41, 5.74) is -0.789. The number of anilines is 1. The Hall–Kier alpha value is -2.39. The van der Waals surface area contributed by atoms with E-state index >= 15 is 0 Å². The Bertz CT molecular complexity index is 1000. The molecule has 5 nitrogen and oxygen atoms in total. The molecule has 0 aromatic heterocycles. The van der Waals surface area contributed by atoms with Gasteiger partial charge in [0, 0.05) is 22.9 Å². The molecule has 2 aromatic rings. The fourth-order valence-corrected chi connectivity index (χ4v) is 4.39. The van der Waals surface area contributed by atoms with Gasteiger partial charge in [0.25, 0.3) is 5.91 Å². The van der Waals surface area contributed by atoms with Crippen molar-refractivity contribution in [3.8, 4) is 0 Å². The summed E-state index contributed by atoms with van der Waals surface area (Å²) in [6, 6.07) is 5.67. The number of carbonyl (C=O) groups is 1. The molecule has 3 rings (SSSR count). The second-order valence-corrected chi connectivity index (χ2v) is 8.40. The van der Waals surface area contributed by atoms with Crippen LogP contribution in [-0.2, 0) is 10.0 Å². The largest absolute Gasteiger partial charge is 0.322 e. The third kappa shape index (κ3) is 4.14. The average molecular weight is 398 g/mol. The van der Waals surface area contributed by atoms with Crippen molar-refractivity contribution in [3.63, 3.8) is 0 Å². The highest BCUT2D eigenvalue weighted by atomic mass is 32.2. The number of hydrogen-bond donors (Lipinski definition) is 2. The Balaban J connectivity index is 1.85. The first-order valence-electron chi connectivity index (χ1n) is 8.20. The number of hydrogen-bond acceptors (Lipinski definition) is 3. The maximum absolute atomic E-state index is 14.1. The van der Waals surface area contributed by atoms with Gasteiger partial charge in [0.15, 0.2) is 11.6 Å². The molecule has 2 N–H and O–H groups in total. The third-order valence-corrected chi connectivity index (χ3v) is 6.15. The van der Waals surface area contributed by atoms with Crippen LogP contribution in [0.2, 0.25) is 0 Å². The Morgan fingerprint density at radius 1 is 1.00 bits per heavy atom. The molecule has 0 bridgehead atoms. The van der Waals surface area contributed by atoms with E-state index in [4.69, 9.17) is 0 Å². The molecule has 1 saturated carbocycles. The normalized spacial score (nSPS) is 15.9. The fourth-order valence-electron chi connectivity index (χ4n) is 2.82. The van der Waals surface area contributed by atoms with E-state index in [0.29, 0.717) is 12.8 Å². The summed E-state index contributed by atoms with van der Waals surface area (Å²) >= 11 is 0. The van der Waals surface area contributed by atoms with E-state index in [1.807, 2.05) is 0 Å². The molecule has 0 unspecified atom stereocenters. The molecule has 0 atom stereocenters. The molecule has 2 aromatic carbocycles. The van der Waals surface area contributed by atoms with Crippen molar-refractivity contribution in [3.05, 3.63) is 59.4 Å². The van der Waals surface area contributed by atoms with Crippen LogP contribution in [0, 0.1) is 17.5 Å². The highest BCUT2D eigenvalue weighted by Gasteiger charge is 2.37. The lowest BCUT2D eigenvalue weighted by Crippen LogP contribution is -2.50. The summed E-state index contributed by atoms with van der Waals surface area (Å²) in [4.78, 5) is 11.6. The van der Waals surface area contributed by atoms with Gasteiger partial charge in [0.05, 0.1) is 0 Å². The van der Waals surface area contributed by atoms with E-state index in [2.05, 4.69) is 10.0 Å². The molecule has 9 heteroatoms. The van der Waals surface area contributed by atoms with Crippen LogP contribution in [-0.4, -0.2) is 19.9 Å². The van der Waals surface area contributed by atoms with Crippen LogP contribution >= 0.6 is 0 Å². The van der Waals surface area contributed by atoms with Gasteiger partial charge >= 0.3 is 0 Å². The van der Waals surface area contributed by atoms with Gasteiger partial charge in [-0.1, -0.05) is 0 Å². The second-order valence-electron chi connectivity index (χ2n) is 6.75. The topological polar surface area (TPSA) is 75.3 Å². The van der Waals surface area contributed by atoms with Crippen molar-refractivity contribution in [2.45, 2.75) is 36.6 Å². The molecule has 1 amide bonds. The molecule has 0 radical (unpaired) electrons. The molecule has 0 saturated heterocycles. The van der Waals surface area contributed by atoms with Crippen LogP contribution < -0.4 is 10.0 Å². The zero-order valence-corrected chi connectivity index (χ0v) is 15.2. The van der Waals surface area contributed by atoms with Crippen molar-refractivity contribution in [1.29, 1.82) is 0 Å². The summed E-state index contributed by atoms with van der Waals surface area (Å²) in [6.45, 7) is 1.73. The number of rotatable bonds is 5. The number of carbonyl (C=O) groups excluding carboxylic acids is 1. The second kappa shape index (κ2) is 6.97. The van der Waals surface area contributed by atoms with Crippen LogP contribution in [0.15, 0.2) is 41.3 Å². The van der Waals surface area contributed by atoms with Gasteiger partial charge in [-0.15, -0.1) is 0 Å². The predicted octanol–water partition coefficient (Wildman–Crippen LogP) is 3.58. The first-order chi connectivity index (χ1) is 12.6. The number of nitrogens with one attached hydrogen (secondary N) is 2. The summed E-state index contributed by atoms with van der Waals surface area (Å²) in [5, 5.41) is 2.31. The minimum absolute atomic E-state index is 0.0206. The molecule has 144 valence electrons. The van der Waals surface area contributed by atoms with Crippen molar-refractivity contribution < 1.29 is 26.4 Å². The van der Waals surface area contributed by atoms with E-state index < -0.39 is 43.8 Å². The lowest BCUT2D eigenvalue weighted by Gasteiger charge is -2.38. The Morgan fingerprint density at radius 2 is 1.67 bits per heavy atom. The van der Waals surface area contributed by atoms with Gasteiger partial charge < -0.3 is 5.32 Å². The molecule has 1 fully saturated rings. The lowest BCUT2D eigenvalue weighted by atomic mass is 9.80. The number of amides is 1. The molecule has 0 spiro atoms. The van der Waals surface area contributed by atoms with Crippen molar-refractivity contribution in [1.82, 2.24) is 4.72 Å².